The lowest BCUT2D eigenvalue weighted by atomic mass is 10.1. The van der Waals surface area contributed by atoms with E-state index in [1.165, 1.54) is 16.9 Å². The zero-order valence-corrected chi connectivity index (χ0v) is 12.1. The number of hydrogen-bond donors (Lipinski definition) is 1. The third-order valence-corrected chi connectivity index (χ3v) is 6.44. The third-order valence-electron chi connectivity index (χ3n) is 3.74. The van der Waals surface area contributed by atoms with Gasteiger partial charge in [0.25, 0.3) is 0 Å². The topological polar surface area (TPSA) is 29.1 Å². The summed E-state index contributed by atoms with van der Waals surface area (Å²) < 4.78 is 11.3. The van der Waals surface area contributed by atoms with E-state index in [1.54, 1.807) is 0 Å². The highest BCUT2D eigenvalue weighted by molar-refractivity contribution is 8.00. The van der Waals surface area contributed by atoms with Gasteiger partial charge in [0.1, 0.15) is 0 Å². The maximum absolute atomic E-state index is 11.3. The van der Waals surface area contributed by atoms with Gasteiger partial charge in [-0.3, -0.25) is 4.21 Å². The summed E-state index contributed by atoms with van der Waals surface area (Å²) >= 11 is 2.00. The Morgan fingerprint density at radius 2 is 2.06 bits per heavy atom. The van der Waals surface area contributed by atoms with Crippen molar-refractivity contribution in [1.82, 2.24) is 5.32 Å². The lowest BCUT2D eigenvalue weighted by Gasteiger charge is -2.24. The van der Waals surface area contributed by atoms with Crippen LogP contribution in [-0.2, 0) is 17.2 Å². The first-order chi connectivity index (χ1) is 8.81. The molecule has 1 aromatic rings. The van der Waals surface area contributed by atoms with Crippen molar-refractivity contribution in [2.45, 2.75) is 35.4 Å². The molecule has 0 saturated carbocycles. The molecule has 0 amide bonds. The summed E-state index contributed by atoms with van der Waals surface area (Å²) in [6.45, 7) is 1.08. The smallest absolute Gasteiger partial charge is 0.0260 e. The zero-order valence-electron chi connectivity index (χ0n) is 10.4. The summed E-state index contributed by atoms with van der Waals surface area (Å²) in [5, 5.41) is 4.34. The molecular weight excluding hydrogens is 262 g/mol. The van der Waals surface area contributed by atoms with Gasteiger partial charge in [-0.05, 0) is 30.9 Å². The Kier molecular flexibility index (Phi) is 4.07. The van der Waals surface area contributed by atoms with Crippen LogP contribution in [0.25, 0.3) is 0 Å². The molecule has 0 radical (unpaired) electrons. The molecule has 0 aromatic heterocycles. The number of thioether (sulfide) groups is 1. The third kappa shape index (κ3) is 2.98. The largest absolute Gasteiger partial charge is 0.313 e. The molecule has 2 nitrogen and oxygen atoms in total. The van der Waals surface area contributed by atoms with Gasteiger partial charge in [-0.2, -0.15) is 0 Å². The van der Waals surface area contributed by atoms with Gasteiger partial charge < -0.3 is 5.32 Å². The van der Waals surface area contributed by atoms with E-state index in [1.807, 2.05) is 11.8 Å². The van der Waals surface area contributed by atoms with Crippen molar-refractivity contribution in [3.05, 3.63) is 29.8 Å². The van der Waals surface area contributed by atoms with Crippen LogP contribution in [-0.4, -0.2) is 33.6 Å². The van der Waals surface area contributed by atoms with E-state index in [4.69, 9.17) is 0 Å². The second-order valence-electron chi connectivity index (χ2n) is 5.08. The molecule has 0 bridgehead atoms. The van der Waals surface area contributed by atoms with Gasteiger partial charge in [0.05, 0.1) is 0 Å². The highest BCUT2D eigenvalue weighted by Crippen LogP contribution is 2.36. The summed E-state index contributed by atoms with van der Waals surface area (Å²) in [6.07, 6.45) is 3.35. The molecule has 1 saturated heterocycles. The Morgan fingerprint density at radius 1 is 1.28 bits per heavy atom. The van der Waals surface area contributed by atoms with Crippen LogP contribution in [0.15, 0.2) is 29.2 Å². The van der Waals surface area contributed by atoms with Gasteiger partial charge in [0.15, 0.2) is 0 Å². The maximum atomic E-state index is 11.3. The van der Waals surface area contributed by atoms with Crippen LogP contribution in [0.5, 0.6) is 0 Å². The summed E-state index contributed by atoms with van der Waals surface area (Å²) in [5.41, 5.74) is 1.50. The molecule has 4 heteroatoms. The van der Waals surface area contributed by atoms with Crippen LogP contribution in [0.1, 0.15) is 18.4 Å². The second kappa shape index (κ2) is 5.76. The molecule has 0 aliphatic carbocycles. The van der Waals surface area contributed by atoms with Crippen molar-refractivity contribution in [1.29, 1.82) is 0 Å². The van der Waals surface area contributed by atoms with E-state index in [0.717, 1.165) is 30.9 Å². The predicted octanol–water partition coefficient (Wildman–Crippen LogP) is 2.20. The standard InChI is InChI=1S/C14H19NOS2/c16-18-7-5-12(6-8-18)15-10-13-9-11-3-1-2-4-14(11)17-13/h1-4,12-13,15H,5-10H2. The van der Waals surface area contributed by atoms with E-state index in [9.17, 15) is 4.21 Å². The number of hydrogen-bond acceptors (Lipinski definition) is 3. The van der Waals surface area contributed by atoms with Crippen LogP contribution in [0, 0.1) is 0 Å². The molecule has 98 valence electrons. The maximum Gasteiger partial charge on any atom is 0.0260 e. The summed E-state index contributed by atoms with van der Waals surface area (Å²) in [5.74, 6) is 1.77. The van der Waals surface area contributed by atoms with Crippen LogP contribution < -0.4 is 5.32 Å². The summed E-state index contributed by atoms with van der Waals surface area (Å²) in [6, 6.07) is 9.31. The van der Waals surface area contributed by atoms with Gasteiger partial charge in [-0.1, -0.05) is 18.2 Å². The molecular formula is C14H19NOS2. The number of benzene rings is 1. The molecule has 1 N–H and O–H groups in total. The van der Waals surface area contributed by atoms with Crippen molar-refractivity contribution in [2.24, 2.45) is 0 Å². The van der Waals surface area contributed by atoms with E-state index >= 15 is 0 Å². The van der Waals surface area contributed by atoms with E-state index in [0.29, 0.717) is 11.3 Å². The first kappa shape index (κ1) is 12.7. The molecule has 2 heterocycles. The van der Waals surface area contributed by atoms with Crippen molar-refractivity contribution >= 4 is 22.6 Å². The van der Waals surface area contributed by atoms with Crippen LogP contribution >= 0.6 is 11.8 Å². The second-order valence-corrected chi connectivity index (χ2v) is 8.12. The van der Waals surface area contributed by atoms with E-state index in [-0.39, 0.29) is 0 Å². The average Bonchev–Trinajstić information content (AvgIpc) is 2.81. The van der Waals surface area contributed by atoms with Crippen LogP contribution in [0.4, 0.5) is 0 Å². The minimum atomic E-state index is -0.544. The molecule has 1 fully saturated rings. The molecule has 2 aliphatic rings. The predicted molar refractivity (Wildman–Crippen MR) is 78.7 cm³/mol. The summed E-state index contributed by atoms with van der Waals surface area (Å²) in [4.78, 5) is 1.45. The van der Waals surface area contributed by atoms with E-state index < -0.39 is 10.8 Å². The van der Waals surface area contributed by atoms with Gasteiger partial charge in [0.2, 0.25) is 0 Å². The Bertz CT molecular complexity index is 414. The van der Waals surface area contributed by atoms with Gasteiger partial charge in [-0.25, -0.2) is 0 Å². The fourth-order valence-corrected chi connectivity index (χ4v) is 5.22. The fraction of sp³-hybridized carbons (Fsp3) is 0.571. The minimum absolute atomic E-state index is 0.544. The van der Waals surface area contributed by atoms with Crippen molar-refractivity contribution in [2.75, 3.05) is 18.1 Å². The molecule has 3 rings (SSSR count). The van der Waals surface area contributed by atoms with Crippen molar-refractivity contribution < 1.29 is 4.21 Å². The first-order valence-electron chi connectivity index (χ1n) is 6.64. The molecule has 1 atom stereocenters. The van der Waals surface area contributed by atoms with Gasteiger partial charge in [0, 0.05) is 45.0 Å². The Balaban J connectivity index is 1.47. The normalized spacial score (nSPS) is 31.2. The average molecular weight is 281 g/mol. The van der Waals surface area contributed by atoms with Crippen molar-refractivity contribution in [3.63, 3.8) is 0 Å². The Morgan fingerprint density at radius 3 is 2.83 bits per heavy atom. The highest BCUT2D eigenvalue weighted by atomic mass is 32.2. The van der Waals surface area contributed by atoms with Gasteiger partial charge >= 0.3 is 0 Å². The minimum Gasteiger partial charge on any atom is -0.313 e. The van der Waals surface area contributed by atoms with Crippen LogP contribution in [0.3, 0.4) is 0 Å². The Labute approximate surface area is 115 Å². The Hall–Kier alpha value is -0.320. The lowest BCUT2D eigenvalue weighted by molar-refractivity contribution is 0.475. The SMILES string of the molecule is O=S1CCC(NCC2Cc3ccccc3S2)CC1. The first-order valence-corrected chi connectivity index (χ1v) is 9.01. The molecule has 0 spiro atoms. The van der Waals surface area contributed by atoms with Crippen LogP contribution in [0.2, 0.25) is 0 Å². The highest BCUT2D eigenvalue weighted by Gasteiger charge is 2.23. The summed E-state index contributed by atoms with van der Waals surface area (Å²) in [7, 11) is -0.544. The zero-order chi connectivity index (χ0) is 12.4. The number of rotatable bonds is 3. The van der Waals surface area contributed by atoms with Crippen molar-refractivity contribution in [3.8, 4) is 0 Å². The van der Waals surface area contributed by atoms with E-state index in [2.05, 4.69) is 29.6 Å². The lowest BCUT2D eigenvalue weighted by Crippen LogP contribution is -2.39. The monoisotopic (exact) mass is 281 g/mol. The fourth-order valence-electron chi connectivity index (χ4n) is 2.66. The number of nitrogens with one attached hydrogen (secondary N) is 1. The number of fused-ring (bicyclic) bond motifs is 1. The quantitative estimate of drug-likeness (QED) is 0.921. The molecule has 1 unspecified atom stereocenters. The molecule has 2 aliphatic heterocycles. The molecule has 18 heavy (non-hydrogen) atoms. The molecule has 1 aromatic carbocycles. The van der Waals surface area contributed by atoms with Gasteiger partial charge in [-0.15, -0.1) is 11.8 Å².